The van der Waals surface area contributed by atoms with Crippen molar-refractivity contribution in [2.24, 2.45) is 5.10 Å². The second-order valence-electron chi connectivity index (χ2n) is 5.43. The SMILES string of the molecule is COCCn1c(C)cc(/C=N/NC(=O)C(=O)NCc2ccco2)c1C. The zero-order valence-corrected chi connectivity index (χ0v) is 14.5. The molecule has 2 heterocycles. The van der Waals surface area contributed by atoms with Gasteiger partial charge in [-0.2, -0.15) is 5.10 Å². The summed E-state index contributed by atoms with van der Waals surface area (Å²) in [6.45, 7) is 5.44. The molecule has 0 aliphatic carbocycles. The fourth-order valence-electron chi connectivity index (χ4n) is 2.36. The van der Waals surface area contributed by atoms with Gasteiger partial charge in [0.2, 0.25) is 0 Å². The Hall–Kier alpha value is -2.87. The number of aryl methyl sites for hydroxylation is 1. The third kappa shape index (κ3) is 5.05. The van der Waals surface area contributed by atoms with Crippen LogP contribution in [0.3, 0.4) is 0 Å². The minimum Gasteiger partial charge on any atom is -0.467 e. The molecule has 2 N–H and O–H groups in total. The minimum absolute atomic E-state index is 0.142. The average Bonchev–Trinajstić information content (AvgIpc) is 3.20. The van der Waals surface area contributed by atoms with Gasteiger partial charge in [0.05, 0.1) is 25.6 Å². The Morgan fingerprint density at radius 3 is 2.84 bits per heavy atom. The number of hydrogen-bond acceptors (Lipinski definition) is 5. The zero-order chi connectivity index (χ0) is 18.2. The summed E-state index contributed by atoms with van der Waals surface area (Å²) in [7, 11) is 1.66. The molecule has 0 spiro atoms. The van der Waals surface area contributed by atoms with Gasteiger partial charge in [-0.05, 0) is 32.0 Å². The highest BCUT2D eigenvalue weighted by Crippen LogP contribution is 2.12. The van der Waals surface area contributed by atoms with Crippen LogP contribution in [0.15, 0.2) is 34.0 Å². The van der Waals surface area contributed by atoms with Crippen molar-refractivity contribution in [2.75, 3.05) is 13.7 Å². The van der Waals surface area contributed by atoms with Gasteiger partial charge in [-0.3, -0.25) is 9.59 Å². The van der Waals surface area contributed by atoms with Gasteiger partial charge in [0.15, 0.2) is 0 Å². The molecule has 0 bridgehead atoms. The van der Waals surface area contributed by atoms with Crippen LogP contribution in [0.1, 0.15) is 22.7 Å². The number of methoxy groups -OCH3 is 1. The second-order valence-corrected chi connectivity index (χ2v) is 5.43. The maximum atomic E-state index is 11.7. The number of hydrazone groups is 1. The first-order valence-electron chi connectivity index (χ1n) is 7.82. The predicted molar refractivity (Wildman–Crippen MR) is 92.1 cm³/mol. The molecular weight excluding hydrogens is 324 g/mol. The summed E-state index contributed by atoms with van der Waals surface area (Å²) in [6, 6.07) is 5.36. The van der Waals surface area contributed by atoms with Crippen LogP contribution < -0.4 is 10.7 Å². The maximum absolute atomic E-state index is 11.7. The molecule has 0 radical (unpaired) electrons. The summed E-state index contributed by atoms with van der Waals surface area (Å²) < 4.78 is 12.3. The third-order valence-electron chi connectivity index (χ3n) is 3.71. The van der Waals surface area contributed by atoms with Crippen molar-refractivity contribution in [1.82, 2.24) is 15.3 Å². The van der Waals surface area contributed by atoms with Gasteiger partial charge in [-0.15, -0.1) is 0 Å². The topological polar surface area (TPSA) is 97.9 Å². The molecule has 2 aromatic heterocycles. The molecule has 0 saturated heterocycles. The van der Waals surface area contributed by atoms with E-state index in [1.54, 1.807) is 19.2 Å². The highest BCUT2D eigenvalue weighted by molar-refractivity contribution is 6.35. The van der Waals surface area contributed by atoms with Crippen molar-refractivity contribution >= 4 is 18.0 Å². The lowest BCUT2D eigenvalue weighted by molar-refractivity contribution is -0.139. The molecule has 8 heteroatoms. The van der Waals surface area contributed by atoms with E-state index in [-0.39, 0.29) is 6.54 Å². The summed E-state index contributed by atoms with van der Waals surface area (Å²) >= 11 is 0. The Kier molecular flexibility index (Phi) is 6.53. The van der Waals surface area contributed by atoms with Crippen molar-refractivity contribution in [3.05, 3.63) is 47.2 Å². The number of ether oxygens (including phenoxy) is 1. The monoisotopic (exact) mass is 346 g/mol. The first kappa shape index (κ1) is 18.5. The number of rotatable bonds is 7. The molecule has 0 aromatic carbocycles. The van der Waals surface area contributed by atoms with Gasteiger partial charge in [0, 0.05) is 30.6 Å². The van der Waals surface area contributed by atoms with Crippen molar-refractivity contribution in [1.29, 1.82) is 0 Å². The van der Waals surface area contributed by atoms with Gasteiger partial charge in [-0.1, -0.05) is 0 Å². The summed E-state index contributed by atoms with van der Waals surface area (Å²) in [5.41, 5.74) is 5.16. The fourth-order valence-corrected chi connectivity index (χ4v) is 2.36. The Bertz CT molecular complexity index is 747. The summed E-state index contributed by atoms with van der Waals surface area (Å²) in [4.78, 5) is 23.4. The first-order chi connectivity index (χ1) is 12.0. The lowest BCUT2D eigenvalue weighted by atomic mass is 10.3. The largest absolute Gasteiger partial charge is 0.467 e. The van der Waals surface area contributed by atoms with Crippen LogP contribution in [0.2, 0.25) is 0 Å². The van der Waals surface area contributed by atoms with Crippen LogP contribution >= 0.6 is 0 Å². The molecule has 2 rings (SSSR count). The van der Waals surface area contributed by atoms with Crippen molar-refractivity contribution in [3.8, 4) is 0 Å². The fraction of sp³-hybridized carbons (Fsp3) is 0.353. The number of amides is 2. The number of carbonyl (C=O) groups excluding carboxylic acids is 2. The Morgan fingerprint density at radius 1 is 1.36 bits per heavy atom. The Balaban J connectivity index is 1.87. The lowest BCUT2D eigenvalue weighted by Gasteiger charge is -2.08. The molecule has 0 aliphatic rings. The van der Waals surface area contributed by atoms with E-state index in [0.717, 1.165) is 23.5 Å². The molecule has 2 aromatic rings. The van der Waals surface area contributed by atoms with Crippen LogP contribution in [0.5, 0.6) is 0 Å². The first-order valence-corrected chi connectivity index (χ1v) is 7.82. The maximum Gasteiger partial charge on any atom is 0.329 e. The molecule has 0 aliphatic heterocycles. The van der Waals surface area contributed by atoms with Gasteiger partial charge in [-0.25, -0.2) is 5.43 Å². The van der Waals surface area contributed by atoms with Crippen molar-refractivity contribution < 1.29 is 18.7 Å². The minimum atomic E-state index is -0.837. The van der Waals surface area contributed by atoms with Crippen molar-refractivity contribution in [2.45, 2.75) is 26.9 Å². The summed E-state index contributed by atoms with van der Waals surface area (Å²) in [5, 5.41) is 6.29. The summed E-state index contributed by atoms with van der Waals surface area (Å²) in [5.74, 6) is -1.05. The van der Waals surface area contributed by atoms with Crippen LogP contribution in [0.25, 0.3) is 0 Å². The van der Waals surface area contributed by atoms with E-state index in [4.69, 9.17) is 9.15 Å². The van der Waals surface area contributed by atoms with E-state index in [0.29, 0.717) is 12.4 Å². The quantitative estimate of drug-likeness (QED) is 0.446. The molecule has 0 unspecified atom stereocenters. The van der Waals surface area contributed by atoms with Crippen LogP contribution in [0.4, 0.5) is 0 Å². The Morgan fingerprint density at radius 2 is 2.16 bits per heavy atom. The molecular formula is C17H22N4O4. The third-order valence-corrected chi connectivity index (χ3v) is 3.71. The van der Waals surface area contributed by atoms with E-state index >= 15 is 0 Å². The number of furan rings is 1. The highest BCUT2D eigenvalue weighted by atomic mass is 16.5. The lowest BCUT2D eigenvalue weighted by Crippen LogP contribution is -2.37. The van der Waals surface area contributed by atoms with Gasteiger partial charge in [0.1, 0.15) is 5.76 Å². The smallest absolute Gasteiger partial charge is 0.329 e. The number of hydrogen-bond donors (Lipinski definition) is 2. The van der Waals surface area contributed by atoms with Crippen molar-refractivity contribution in [3.63, 3.8) is 0 Å². The molecule has 8 nitrogen and oxygen atoms in total. The van der Waals surface area contributed by atoms with E-state index in [1.807, 2.05) is 19.9 Å². The summed E-state index contributed by atoms with van der Waals surface area (Å²) in [6.07, 6.45) is 3.01. The second kappa shape index (κ2) is 8.84. The Labute approximate surface area is 145 Å². The number of nitrogens with zero attached hydrogens (tertiary/aromatic N) is 2. The van der Waals surface area contributed by atoms with E-state index in [2.05, 4.69) is 20.4 Å². The number of aromatic nitrogens is 1. The molecule has 25 heavy (non-hydrogen) atoms. The highest BCUT2D eigenvalue weighted by Gasteiger charge is 2.13. The van der Waals surface area contributed by atoms with Gasteiger partial charge >= 0.3 is 11.8 Å². The predicted octanol–water partition coefficient (Wildman–Crippen LogP) is 1.11. The van der Waals surface area contributed by atoms with E-state index in [1.165, 1.54) is 12.5 Å². The van der Waals surface area contributed by atoms with Crippen LogP contribution in [-0.4, -0.2) is 36.3 Å². The average molecular weight is 346 g/mol. The zero-order valence-electron chi connectivity index (χ0n) is 14.5. The van der Waals surface area contributed by atoms with Crippen LogP contribution in [-0.2, 0) is 27.4 Å². The molecule has 0 atom stereocenters. The standard InChI is InChI=1S/C17H22N4O4/c1-12-9-14(13(2)21(12)6-8-24-3)10-19-20-17(23)16(22)18-11-15-5-4-7-25-15/h4-5,7,9-10H,6,8,11H2,1-3H3,(H,18,22)(H,20,23)/b19-10+. The molecule has 0 fully saturated rings. The number of nitrogens with one attached hydrogen (secondary N) is 2. The normalized spacial score (nSPS) is 11.0. The molecule has 2 amide bonds. The van der Waals surface area contributed by atoms with E-state index < -0.39 is 11.8 Å². The van der Waals surface area contributed by atoms with Crippen LogP contribution in [0, 0.1) is 13.8 Å². The number of carbonyl (C=O) groups is 2. The van der Waals surface area contributed by atoms with Gasteiger partial charge < -0.3 is 19.0 Å². The van der Waals surface area contributed by atoms with Gasteiger partial charge in [0.25, 0.3) is 0 Å². The molecule has 0 saturated carbocycles. The van der Waals surface area contributed by atoms with E-state index in [9.17, 15) is 9.59 Å². The molecule has 134 valence electrons.